The van der Waals surface area contributed by atoms with Gasteiger partial charge in [-0.05, 0) is 29.8 Å². The molecule has 4 aromatic rings. The second kappa shape index (κ2) is 6.91. The quantitative estimate of drug-likeness (QED) is 0.478. The molecule has 1 aromatic heterocycles. The molecule has 0 spiro atoms. The zero-order valence-electron chi connectivity index (χ0n) is 14.3. The van der Waals surface area contributed by atoms with E-state index in [4.69, 9.17) is 16.9 Å². The van der Waals surface area contributed by atoms with Gasteiger partial charge < -0.3 is 4.98 Å². The van der Waals surface area contributed by atoms with Crippen LogP contribution in [0.1, 0.15) is 5.56 Å². The molecule has 4 rings (SSSR count). The molecule has 0 aliphatic rings. The van der Waals surface area contributed by atoms with Crippen LogP contribution in [0.25, 0.3) is 33.3 Å². The Bertz CT molecular complexity index is 1320. The number of nitriles is 1. The number of fused-ring (bicyclic) bond motifs is 1. The molecular weight excluding hydrogens is 382 g/mol. The summed E-state index contributed by atoms with van der Waals surface area (Å²) >= 11 is 6.16. The number of aromatic amines is 1. The molecule has 28 heavy (non-hydrogen) atoms. The smallest absolute Gasteiger partial charge is 0.193 e. The van der Waals surface area contributed by atoms with E-state index in [0.717, 1.165) is 6.07 Å². The van der Waals surface area contributed by atoms with E-state index in [1.165, 1.54) is 30.3 Å². The van der Waals surface area contributed by atoms with Crippen LogP contribution in [-0.4, -0.2) is 4.98 Å². The van der Waals surface area contributed by atoms with E-state index in [2.05, 4.69) is 4.98 Å². The van der Waals surface area contributed by atoms with Crippen LogP contribution in [0.3, 0.4) is 0 Å². The van der Waals surface area contributed by atoms with Crippen molar-refractivity contribution in [3.63, 3.8) is 0 Å². The van der Waals surface area contributed by atoms with Crippen molar-refractivity contribution in [3.8, 4) is 28.5 Å². The number of halogens is 3. The molecule has 0 amide bonds. The van der Waals surface area contributed by atoms with Crippen LogP contribution in [0.5, 0.6) is 0 Å². The monoisotopic (exact) mass is 392 g/mol. The van der Waals surface area contributed by atoms with E-state index < -0.39 is 17.1 Å². The summed E-state index contributed by atoms with van der Waals surface area (Å²) in [6, 6.07) is 16.9. The van der Waals surface area contributed by atoms with Gasteiger partial charge in [-0.2, -0.15) is 5.26 Å². The predicted octanol–water partition coefficient (Wildman–Crippen LogP) is 5.67. The molecular formula is C22H11ClF2N2O. The summed E-state index contributed by atoms with van der Waals surface area (Å²) in [6.45, 7) is 0. The van der Waals surface area contributed by atoms with Crippen molar-refractivity contribution in [2.24, 2.45) is 0 Å². The zero-order valence-corrected chi connectivity index (χ0v) is 15.0. The van der Waals surface area contributed by atoms with Crippen LogP contribution in [0, 0.1) is 23.0 Å². The average molecular weight is 393 g/mol. The van der Waals surface area contributed by atoms with Gasteiger partial charge in [-0.3, -0.25) is 4.79 Å². The first kappa shape index (κ1) is 17.9. The van der Waals surface area contributed by atoms with Crippen molar-refractivity contribution in [1.29, 1.82) is 5.26 Å². The number of nitrogens with zero attached hydrogens (tertiary/aromatic N) is 1. The number of benzene rings is 3. The highest BCUT2D eigenvalue weighted by atomic mass is 35.5. The largest absolute Gasteiger partial charge is 0.354 e. The highest BCUT2D eigenvalue weighted by Gasteiger charge is 2.19. The zero-order chi connectivity index (χ0) is 19.8. The van der Waals surface area contributed by atoms with Gasteiger partial charge in [0.25, 0.3) is 0 Å². The minimum Gasteiger partial charge on any atom is -0.354 e. The number of hydrogen-bond acceptors (Lipinski definition) is 2. The Morgan fingerprint density at radius 2 is 1.71 bits per heavy atom. The molecule has 0 radical (unpaired) electrons. The molecule has 0 fully saturated rings. The summed E-state index contributed by atoms with van der Waals surface area (Å²) in [6.07, 6.45) is 0. The maximum atomic E-state index is 15.1. The van der Waals surface area contributed by atoms with E-state index in [0.29, 0.717) is 21.8 Å². The second-order valence-electron chi connectivity index (χ2n) is 6.19. The predicted molar refractivity (Wildman–Crippen MR) is 105 cm³/mol. The third-order valence-corrected chi connectivity index (χ3v) is 4.81. The lowest BCUT2D eigenvalue weighted by molar-refractivity contribution is 0.597. The molecule has 136 valence electrons. The number of pyridine rings is 1. The third kappa shape index (κ3) is 2.94. The lowest BCUT2D eigenvalue weighted by Gasteiger charge is -2.11. The number of aromatic nitrogens is 1. The van der Waals surface area contributed by atoms with Gasteiger partial charge in [0.2, 0.25) is 0 Å². The van der Waals surface area contributed by atoms with Crippen LogP contribution in [0.15, 0.2) is 65.5 Å². The molecule has 0 saturated heterocycles. The van der Waals surface area contributed by atoms with Crippen molar-refractivity contribution in [2.75, 3.05) is 0 Å². The molecule has 1 heterocycles. The van der Waals surface area contributed by atoms with Gasteiger partial charge in [-0.1, -0.05) is 41.9 Å². The first-order valence-corrected chi connectivity index (χ1v) is 8.68. The Morgan fingerprint density at radius 1 is 1.00 bits per heavy atom. The SMILES string of the molecule is N#Cc1ccc(-c2c(F)cc3[nH]c(-c4ccccc4Cl)cc(=O)c3c2F)cc1. The summed E-state index contributed by atoms with van der Waals surface area (Å²) in [7, 11) is 0. The van der Waals surface area contributed by atoms with Gasteiger partial charge in [0, 0.05) is 16.7 Å². The Hall–Kier alpha value is -3.49. The molecule has 0 bridgehead atoms. The number of hydrogen-bond donors (Lipinski definition) is 1. The van der Waals surface area contributed by atoms with E-state index in [1.54, 1.807) is 24.3 Å². The third-order valence-electron chi connectivity index (χ3n) is 4.48. The number of H-pyrrole nitrogens is 1. The van der Waals surface area contributed by atoms with Crippen LogP contribution in [0.2, 0.25) is 5.02 Å². The first-order valence-electron chi connectivity index (χ1n) is 8.30. The fraction of sp³-hybridized carbons (Fsp3) is 0. The Labute approximate surface area is 163 Å². The lowest BCUT2D eigenvalue weighted by Crippen LogP contribution is -2.07. The topological polar surface area (TPSA) is 56.6 Å². The molecule has 0 aliphatic heterocycles. The average Bonchev–Trinajstić information content (AvgIpc) is 2.68. The van der Waals surface area contributed by atoms with Crippen LogP contribution in [-0.2, 0) is 0 Å². The van der Waals surface area contributed by atoms with Crippen molar-refractivity contribution < 1.29 is 8.78 Å². The van der Waals surface area contributed by atoms with Gasteiger partial charge in [0.05, 0.1) is 33.8 Å². The summed E-state index contributed by atoms with van der Waals surface area (Å²) in [5.74, 6) is -1.77. The molecule has 0 atom stereocenters. The van der Waals surface area contributed by atoms with Crippen LogP contribution < -0.4 is 5.43 Å². The molecule has 3 aromatic carbocycles. The van der Waals surface area contributed by atoms with Gasteiger partial charge in [0.1, 0.15) is 11.6 Å². The van der Waals surface area contributed by atoms with Crippen molar-refractivity contribution in [2.45, 2.75) is 0 Å². The standard InChI is InChI=1S/C22H11ClF2N2O/c23-15-4-2-1-3-14(15)17-10-19(28)21-18(27-17)9-16(24)20(22(21)25)13-7-5-12(11-26)6-8-13/h1-10H,(H,27,28). The maximum Gasteiger partial charge on any atom is 0.193 e. The normalized spacial score (nSPS) is 10.8. The Balaban J connectivity index is 1.96. The second-order valence-corrected chi connectivity index (χ2v) is 6.59. The Morgan fingerprint density at radius 3 is 2.39 bits per heavy atom. The van der Waals surface area contributed by atoms with E-state index in [1.807, 2.05) is 6.07 Å². The summed E-state index contributed by atoms with van der Waals surface area (Å²) in [4.78, 5) is 15.5. The summed E-state index contributed by atoms with van der Waals surface area (Å²) in [5.41, 5.74) is 0.671. The van der Waals surface area contributed by atoms with Gasteiger partial charge >= 0.3 is 0 Å². The molecule has 1 N–H and O–H groups in total. The number of rotatable bonds is 2. The van der Waals surface area contributed by atoms with Gasteiger partial charge in [0.15, 0.2) is 5.43 Å². The fourth-order valence-corrected chi connectivity index (χ4v) is 3.38. The van der Waals surface area contributed by atoms with E-state index in [-0.39, 0.29) is 22.0 Å². The molecule has 3 nitrogen and oxygen atoms in total. The Kier molecular flexibility index (Phi) is 4.42. The minimum atomic E-state index is -0.952. The van der Waals surface area contributed by atoms with Gasteiger partial charge in [-0.25, -0.2) is 8.78 Å². The maximum absolute atomic E-state index is 15.1. The molecule has 0 saturated carbocycles. The van der Waals surface area contributed by atoms with E-state index >= 15 is 4.39 Å². The first-order chi connectivity index (χ1) is 13.5. The van der Waals surface area contributed by atoms with Gasteiger partial charge in [-0.15, -0.1) is 0 Å². The molecule has 0 unspecified atom stereocenters. The van der Waals surface area contributed by atoms with Crippen molar-refractivity contribution in [3.05, 3.63) is 93.1 Å². The highest BCUT2D eigenvalue weighted by molar-refractivity contribution is 6.33. The summed E-state index contributed by atoms with van der Waals surface area (Å²) < 4.78 is 29.9. The van der Waals surface area contributed by atoms with Crippen LogP contribution in [0.4, 0.5) is 8.78 Å². The molecule has 6 heteroatoms. The van der Waals surface area contributed by atoms with Crippen molar-refractivity contribution in [1.82, 2.24) is 4.98 Å². The number of nitrogens with one attached hydrogen (secondary N) is 1. The minimum absolute atomic E-state index is 0.0369. The fourth-order valence-electron chi connectivity index (χ4n) is 3.14. The summed E-state index contributed by atoms with van der Waals surface area (Å²) in [5, 5.41) is 9.04. The van der Waals surface area contributed by atoms with Crippen LogP contribution >= 0.6 is 11.6 Å². The molecule has 0 aliphatic carbocycles. The highest BCUT2D eigenvalue weighted by Crippen LogP contribution is 2.32. The lowest BCUT2D eigenvalue weighted by atomic mass is 9.99. The van der Waals surface area contributed by atoms with E-state index in [9.17, 15) is 9.18 Å². The van der Waals surface area contributed by atoms with Crippen molar-refractivity contribution >= 4 is 22.5 Å².